The molecule has 3 rings (SSSR count). The third-order valence-electron chi connectivity index (χ3n) is 6.61. The maximum absolute atomic E-state index is 12.4. The molecule has 0 aromatic carbocycles. The highest BCUT2D eigenvalue weighted by atomic mass is 32.1. The molecule has 3 heterocycles. The molecule has 0 aromatic heterocycles. The van der Waals surface area contributed by atoms with E-state index in [0.29, 0.717) is 58.9 Å². The zero-order chi connectivity index (χ0) is 27.7. The maximum Gasteiger partial charge on any atom is 0.356 e. The van der Waals surface area contributed by atoms with Crippen molar-refractivity contribution in [3.05, 3.63) is 0 Å². The van der Waals surface area contributed by atoms with E-state index in [1.54, 1.807) is 9.80 Å². The molecule has 3 aliphatic heterocycles. The maximum atomic E-state index is 12.4. The summed E-state index contributed by atoms with van der Waals surface area (Å²) in [5.74, 6) is -3.19. The Morgan fingerprint density at radius 2 is 1.45 bits per heavy atom. The van der Waals surface area contributed by atoms with Crippen molar-refractivity contribution in [1.29, 1.82) is 0 Å². The number of thiol groups is 1. The van der Waals surface area contributed by atoms with Gasteiger partial charge < -0.3 is 10.2 Å². The third kappa shape index (κ3) is 9.76. The minimum atomic E-state index is -0.982. The van der Waals surface area contributed by atoms with E-state index in [-0.39, 0.29) is 51.0 Å². The van der Waals surface area contributed by atoms with E-state index in [0.717, 1.165) is 4.90 Å². The summed E-state index contributed by atoms with van der Waals surface area (Å²) in [6.07, 6.45) is -0.693. The van der Waals surface area contributed by atoms with Crippen LogP contribution in [0.1, 0.15) is 6.42 Å². The average Bonchev–Trinajstić information content (AvgIpc) is 3.08. The molecule has 0 radical (unpaired) electrons. The molecule has 3 saturated heterocycles. The van der Waals surface area contributed by atoms with E-state index < -0.39 is 29.4 Å². The summed E-state index contributed by atoms with van der Waals surface area (Å²) in [6.45, 7) is 3.70. The number of carbonyl (C=O) groups excluding carboxylic acids is 3. The first-order valence-corrected chi connectivity index (χ1v) is 13.1. The van der Waals surface area contributed by atoms with Crippen LogP contribution in [0.5, 0.6) is 0 Å². The fourth-order valence-electron chi connectivity index (χ4n) is 4.54. The number of hydrogen-bond acceptors (Lipinski definition) is 13. The Labute approximate surface area is 225 Å². The number of rotatable bonds is 8. The third-order valence-corrected chi connectivity index (χ3v) is 7.01. The number of aliphatic carboxylic acids is 2. The van der Waals surface area contributed by atoms with Crippen LogP contribution < -0.4 is 5.32 Å². The molecule has 16 heteroatoms. The number of hydrogen-bond donors (Lipinski definition) is 4. The Balaban J connectivity index is 1.66. The quantitative estimate of drug-likeness (QED) is 0.133. The molecule has 2 bridgehead atoms. The van der Waals surface area contributed by atoms with E-state index in [4.69, 9.17) is 9.78 Å². The van der Waals surface area contributed by atoms with Crippen molar-refractivity contribution in [3.63, 3.8) is 0 Å². The van der Waals surface area contributed by atoms with Crippen LogP contribution in [0.25, 0.3) is 0 Å². The van der Waals surface area contributed by atoms with Crippen molar-refractivity contribution in [3.8, 4) is 0 Å². The van der Waals surface area contributed by atoms with E-state index in [1.807, 2.05) is 4.90 Å². The summed E-state index contributed by atoms with van der Waals surface area (Å²) < 4.78 is 0. The molecule has 3 fully saturated rings. The number of fused-ring (bicyclic) bond motifs is 3. The lowest BCUT2D eigenvalue weighted by Gasteiger charge is -2.35. The molecular weight excluding hydrogens is 524 g/mol. The molecule has 0 spiro atoms. The average molecular weight is 561 g/mol. The van der Waals surface area contributed by atoms with Crippen LogP contribution in [-0.2, 0) is 33.7 Å². The lowest BCUT2D eigenvalue weighted by Crippen LogP contribution is -2.53. The van der Waals surface area contributed by atoms with Gasteiger partial charge in [0.2, 0.25) is 11.8 Å². The Hall–Kier alpha value is -2.34. The number of nitrogens with one attached hydrogen (secondary N) is 1. The minimum absolute atomic E-state index is 0.0489. The van der Waals surface area contributed by atoms with E-state index in [9.17, 15) is 34.2 Å². The van der Waals surface area contributed by atoms with Crippen LogP contribution in [0.2, 0.25) is 0 Å². The molecule has 0 saturated carbocycles. The second-order valence-electron chi connectivity index (χ2n) is 9.51. The second-order valence-corrected chi connectivity index (χ2v) is 10.1. The van der Waals surface area contributed by atoms with Gasteiger partial charge in [-0.1, -0.05) is 0 Å². The molecule has 2 amide bonds. The summed E-state index contributed by atoms with van der Waals surface area (Å²) in [4.78, 5) is 78.2. The monoisotopic (exact) mass is 560 g/mol. The van der Waals surface area contributed by atoms with Crippen molar-refractivity contribution in [2.24, 2.45) is 0 Å². The first-order chi connectivity index (χ1) is 18.1. The zero-order valence-corrected chi connectivity index (χ0v) is 22.1. The highest BCUT2D eigenvalue weighted by molar-refractivity contribution is 7.81. The van der Waals surface area contributed by atoms with Crippen LogP contribution in [0.3, 0.4) is 0 Å². The number of amides is 2. The molecule has 38 heavy (non-hydrogen) atoms. The summed E-state index contributed by atoms with van der Waals surface area (Å²) in [5, 5.41) is 21.1. The number of carboxylic acids is 2. The highest BCUT2D eigenvalue weighted by Gasteiger charge is 2.36. The van der Waals surface area contributed by atoms with Gasteiger partial charge in [-0.05, 0) is 0 Å². The van der Waals surface area contributed by atoms with Gasteiger partial charge in [0, 0.05) is 78.4 Å². The fraction of sp³-hybridized carbons (Fsp3) is 0.773. The summed E-state index contributed by atoms with van der Waals surface area (Å²) in [5.41, 5.74) is 0. The smallest absolute Gasteiger partial charge is 0.356 e. The molecule has 214 valence electrons. The number of imide groups is 1. The molecule has 4 atom stereocenters. The van der Waals surface area contributed by atoms with Crippen molar-refractivity contribution < 1.29 is 44.0 Å². The predicted octanol–water partition coefficient (Wildman–Crippen LogP) is -3.16. The molecule has 3 unspecified atom stereocenters. The van der Waals surface area contributed by atoms with Gasteiger partial charge in [0.1, 0.15) is 6.54 Å². The highest BCUT2D eigenvalue weighted by Crippen LogP contribution is 2.17. The van der Waals surface area contributed by atoms with Crippen molar-refractivity contribution in [1.82, 2.24) is 29.8 Å². The summed E-state index contributed by atoms with van der Waals surface area (Å²) >= 11 is 4.12. The first kappa shape index (κ1) is 30.2. The van der Waals surface area contributed by atoms with Gasteiger partial charge in [0.15, 0.2) is 6.23 Å². The molecule has 0 aromatic rings. The number of carboxylic acid groups (broad SMARTS) is 2. The van der Waals surface area contributed by atoms with Crippen molar-refractivity contribution in [2.75, 3.05) is 91.6 Å². The van der Waals surface area contributed by atoms with Gasteiger partial charge in [0.05, 0.1) is 18.3 Å². The van der Waals surface area contributed by atoms with Crippen molar-refractivity contribution >= 4 is 42.4 Å². The van der Waals surface area contributed by atoms with Crippen LogP contribution in [0.4, 0.5) is 0 Å². The molecule has 3 N–H and O–H groups in total. The van der Waals surface area contributed by atoms with Crippen LogP contribution in [-0.4, -0.2) is 168 Å². The van der Waals surface area contributed by atoms with Gasteiger partial charge >= 0.3 is 17.9 Å². The molecular formula is C22H36N6O9S. The predicted molar refractivity (Wildman–Crippen MR) is 134 cm³/mol. The molecule has 15 nitrogen and oxygen atoms in total. The number of nitrogens with zero attached hydrogens (tertiary/aromatic N) is 5. The lowest BCUT2D eigenvalue weighted by atomic mass is 10.3. The number of carbonyl (C=O) groups is 5. The molecule has 0 aliphatic carbocycles. The minimum Gasteiger partial charge on any atom is -0.480 e. The number of likely N-dealkylation sites (tertiary alicyclic amines) is 1. The normalized spacial score (nSPS) is 29.0. The van der Waals surface area contributed by atoms with Crippen LogP contribution in [0.15, 0.2) is 0 Å². The van der Waals surface area contributed by atoms with Gasteiger partial charge in [-0.15, -0.1) is 0 Å². The van der Waals surface area contributed by atoms with E-state index in [1.165, 1.54) is 0 Å². The Morgan fingerprint density at radius 1 is 0.895 bits per heavy atom. The Bertz CT molecular complexity index is 880. The summed E-state index contributed by atoms with van der Waals surface area (Å²) in [7, 11) is 0. The van der Waals surface area contributed by atoms with Crippen molar-refractivity contribution in [2.45, 2.75) is 17.9 Å². The topological polar surface area (TPSA) is 172 Å². The fourth-order valence-corrected chi connectivity index (χ4v) is 4.84. The first-order valence-electron chi connectivity index (χ1n) is 12.6. The summed E-state index contributed by atoms with van der Waals surface area (Å²) in [6, 6.07) is 0. The van der Waals surface area contributed by atoms with E-state index in [2.05, 4.69) is 22.8 Å². The van der Waals surface area contributed by atoms with Gasteiger partial charge in [-0.3, -0.25) is 53.9 Å². The van der Waals surface area contributed by atoms with E-state index >= 15 is 0 Å². The lowest BCUT2D eigenvalue weighted by molar-refractivity contribution is -0.307. The second kappa shape index (κ2) is 14.7. The van der Waals surface area contributed by atoms with Gasteiger partial charge in [-0.2, -0.15) is 17.5 Å². The Morgan fingerprint density at radius 3 is 2.03 bits per heavy atom. The van der Waals surface area contributed by atoms with Gasteiger partial charge in [0.25, 0.3) is 0 Å². The standard InChI is InChI=1S/C22H36N6O9S/c29-18-11-16(38)22(35)28(18)2-1-23-17-12-24-3-5-25(13-19(30)31)6-7-26(14-20(32)33)8-10-27(9-4-24)15-21(34)37-36-17/h16-17,23,38H,1-15H2,(H,30,31)(H,32,33)/t16-,17?/m1/s1. The molecule has 3 aliphatic rings. The SMILES string of the molecule is O=C(O)CN1CCN(CC(=O)O)CCN2CCN(CC1)CC(=O)OOC(NCCN1C(=O)C[C@@H](S)C1=O)C2. The Kier molecular flexibility index (Phi) is 11.7. The van der Waals surface area contributed by atoms with Crippen LogP contribution in [0, 0.1) is 0 Å². The zero-order valence-electron chi connectivity index (χ0n) is 21.2. The van der Waals surface area contributed by atoms with Gasteiger partial charge in [-0.25, -0.2) is 4.79 Å². The van der Waals surface area contributed by atoms with Crippen LogP contribution >= 0.6 is 12.6 Å². The largest absolute Gasteiger partial charge is 0.480 e.